The molecule has 2 rings (SSSR count). The molecule has 1 aliphatic rings. The lowest BCUT2D eigenvalue weighted by atomic mass is 10.0. The number of nitrogen functional groups attached to an aromatic ring is 1. The number of carbonyl (C=O) groups excluding carboxylic acids is 1. The monoisotopic (exact) mass is 224 g/mol. The summed E-state index contributed by atoms with van der Waals surface area (Å²) in [6.45, 7) is 3.03. The predicted octanol–water partition coefficient (Wildman–Crippen LogP) is 0.665. The van der Waals surface area contributed by atoms with E-state index in [-0.39, 0.29) is 11.8 Å². The van der Waals surface area contributed by atoms with Gasteiger partial charge in [-0.05, 0) is 19.8 Å². The number of hydrogen-bond donors (Lipinski definition) is 3. The van der Waals surface area contributed by atoms with Crippen LogP contribution in [0.1, 0.15) is 18.5 Å². The number of amides is 1. The summed E-state index contributed by atoms with van der Waals surface area (Å²) in [6.07, 6.45) is 1.78. The van der Waals surface area contributed by atoms with Crippen LogP contribution in [-0.4, -0.2) is 29.3 Å². The van der Waals surface area contributed by atoms with Crippen molar-refractivity contribution in [2.24, 2.45) is 5.92 Å². The number of rotatable bonds is 2. The van der Waals surface area contributed by atoms with Crippen molar-refractivity contribution in [1.29, 1.82) is 0 Å². The summed E-state index contributed by atoms with van der Waals surface area (Å²) in [5.74, 6) is 0.246. The van der Waals surface area contributed by atoms with E-state index >= 15 is 0 Å². The molecule has 1 atom stereocenters. The first-order valence-electron chi connectivity index (χ1n) is 5.37. The smallest absolute Gasteiger partial charge is 0.231 e. The van der Waals surface area contributed by atoms with Crippen LogP contribution >= 0.6 is 0 Å². The number of nitrogens with zero attached hydrogens (tertiary/aromatic N) is 1. The molecule has 16 heavy (non-hydrogen) atoms. The SMILES string of the molecule is Cc1[nH]nc(NC(=O)C2CCCOC2)c1N. The highest BCUT2D eigenvalue weighted by Gasteiger charge is 2.23. The van der Waals surface area contributed by atoms with Gasteiger partial charge in [-0.1, -0.05) is 0 Å². The van der Waals surface area contributed by atoms with E-state index in [9.17, 15) is 4.79 Å². The Balaban J connectivity index is 1.98. The Bertz CT molecular complexity index is 382. The van der Waals surface area contributed by atoms with E-state index < -0.39 is 0 Å². The van der Waals surface area contributed by atoms with Gasteiger partial charge in [-0.25, -0.2) is 0 Å². The van der Waals surface area contributed by atoms with Crippen LogP contribution in [0.5, 0.6) is 0 Å². The van der Waals surface area contributed by atoms with Gasteiger partial charge in [0.05, 0.1) is 23.9 Å². The van der Waals surface area contributed by atoms with Gasteiger partial charge < -0.3 is 15.8 Å². The molecule has 0 bridgehead atoms. The van der Waals surface area contributed by atoms with Crippen LogP contribution in [0, 0.1) is 12.8 Å². The van der Waals surface area contributed by atoms with Gasteiger partial charge in [-0.15, -0.1) is 0 Å². The molecule has 1 aromatic rings. The summed E-state index contributed by atoms with van der Waals surface area (Å²) in [7, 11) is 0. The third-order valence-electron chi connectivity index (χ3n) is 2.77. The van der Waals surface area contributed by atoms with E-state index in [0.29, 0.717) is 18.1 Å². The zero-order valence-electron chi connectivity index (χ0n) is 9.25. The molecule has 0 aromatic carbocycles. The lowest BCUT2D eigenvalue weighted by molar-refractivity contribution is -0.123. The lowest BCUT2D eigenvalue weighted by Gasteiger charge is -2.20. The van der Waals surface area contributed by atoms with Crippen LogP contribution in [0.15, 0.2) is 0 Å². The zero-order chi connectivity index (χ0) is 11.5. The zero-order valence-corrected chi connectivity index (χ0v) is 9.25. The van der Waals surface area contributed by atoms with Crippen molar-refractivity contribution in [3.63, 3.8) is 0 Å². The molecule has 1 unspecified atom stereocenters. The second-order valence-electron chi connectivity index (χ2n) is 4.01. The summed E-state index contributed by atoms with van der Waals surface area (Å²) in [6, 6.07) is 0. The lowest BCUT2D eigenvalue weighted by Crippen LogP contribution is -2.30. The molecule has 0 saturated carbocycles. The average Bonchev–Trinajstić information content (AvgIpc) is 2.62. The normalized spacial score (nSPS) is 20.7. The largest absolute Gasteiger partial charge is 0.394 e. The van der Waals surface area contributed by atoms with Gasteiger partial charge in [0.15, 0.2) is 5.82 Å². The molecule has 1 fully saturated rings. The minimum absolute atomic E-state index is 0.0714. The van der Waals surface area contributed by atoms with E-state index in [1.165, 1.54) is 0 Å². The van der Waals surface area contributed by atoms with Gasteiger partial charge in [0.25, 0.3) is 0 Å². The van der Waals surface area contributed by atoms with Crippen LogP contribution in [0.4, 0.5) is 11.5 Å². The number of ether oxygens (including phenoxy) is 1. The van der Waals surface area contributed by atoms with Crippen molar-refractivity contribution < 1.29 is 9.53 Å². The third-order valence-corrected chi connectivity index (χ3v) is 2.77. The Kier molecular flexibility index (Phi) is 3.09. The molecule has 0 radical (unpaired) electrons. The van der Waals surface area contributed by atoms with Crippen LogP contribution in [0.25, 0.3) is 0 Å². The van der Waals surface area contributed by atoms with Gasteiger partial charge in [-0.3, -0.25) is 9.89 Å². The summed E-state index contributed by atoms with van der Waals surface area (Å²) in [4.78, 5) is 11.8. The molecule has 6 heteroatoms. The summed E-state index contributed by atoms with van der Waals surface area (Å²) >= 11 is 0. The molecule has 0 spiro atoms. The van der Waals surface area contributed by atoms with E-state index in [0.717, 1.165) is 25.1 Å². The highest BCUT2D eigenvalue weighted by atomic mass is 16.5. The molecule has 1 amide bonds. The first-order chi connectivity index (χ1) is 7.68. The first-order valence-corrected chi connectivity index (χ1v) is 5.37. The van der Waals surface area contributed by atoms with Crippen LogP contribution < -0.4 is 11.1 Å². The van der Waals surface area contributed by atoms with Gasteiger partial charge in [0.1, 0.15) is 0 Å². The Morgan fingerprint density at radius 3 is 3.06 bits per heavy atom. The predicted molar refractivity (Wildman–Crippen MR) is 59.9 cm³/mol. The highest BCUT2D eigenvalue weighted by molar-refractivity contribution is 5.94. The fourth-order valence-corrected chi connectivity index (χ4v) is 1.70. The molecule has 1 aliphatic heterocycles. The number of hydrogen-bond acceptors (Lipinski definition) is 4. The molecule has 1 saturated heterocycles. The third kappa shape index (κ3) is 2.16. The molecule has 88 valence electrons. The second kappa shape index (κ2) is 4.52. The number of aryl methyl sites for hydroxylation is 1. The van der Waals surface area contributed by atoms with E-state index in [1.807, 2.05) is 6.92 Å². The van der Waals surface area contributed by atoms with Crippen molar-refractivity contribution in [2.75, 3.05) is 24.3 Å². The molecular formula is C10H16N4O2. The Morgan fingerprint density at radius 2 is 2.50 bits per heavy atom. The minimum Gasteiger partial charge on any atom is -0.394 e. The average molecular weight is 224 g/mol. The minimum atomic E-state index is -0.0924. The van der Waals surface area contributed by atoms with Crippen molar-refractivity contribution in [1.82, 2.24) is 10.2 Å². The second-order valence-corrected chi connectivity index (χ2v) is 4.01. The molecule has 1 aromatic heterocycles. The standard InChI is InChI=1S/C10H16N4O2/c1-6-8(11)9(14-13-6)12-10(15)7-3-2-4-16-5-7/h7H,2-5,11H2,1H3,(H2,12,13,14,15). The summed E-state index contributed by atoms with van der Waals surface area (Å²) in [5.41, 5.74) is 6.99. The van der Waals surface area contributed by atoms with Gasteiger partial charge in [0.2, 0.25) is 5.91 Å². The maximum atomic E-state index is 11.8. The van der Waals surface area contributed by atoms with Crippen molar-refractivity contribution in [2.45, 2.75) is 19.8 Å². The van der Waals surface area contributed by atoms with Crippen LogP contribution in [0.3, 0.4) is 0 Å². The number of nitrogens with two attached hydrogens (primary N) is 1. The van der Waals surface area contributed by atoms with Crippen molar-refractivity contribution in [3.8, 4) is 0 Å². The van der Waals surface area contributed by atoms with E-state index in [4.69, 9.17) is 10.5 Å². The number of carbonyl (C=O) groups is 1. The molecule has 6 nitrogen and oxygen atoms in total. The number of anilines is 2. The fourth-order valence-electron chi connectivity index (χ4n) is 1.70. The van der Waals surface area contributed by atoms with Crippen molar-refractivity contribution in [3.05, 3.63) is 5.69 Å². The fraction of sp³-hybridized carbons (Fsp3) is 0.600. The molecule has 2 heterocycles. The topological polar surface area (TPSA) is 93.0 Å². The quantitative estimate of drug-likeness (QED) is 0.688. The highest BCUT2D eigenvalue weighted by Crippen LogP contribution is 2.20. The number of nitrogens with one attached hydrogen (secondary N) is 2. The van der Waals surface area contributed by atoms with Gasteiger partial charge in [-0.2, -0.15) is 5.10 Å². The first kappa shape index (κ1) is 10.9. The number of H-pyrrole nitrogens is 1. The number of aromatic nitrogens is 2. The molecule has 0 aliphatic carbocycles. The Morgan fingerprint density at radius 1 is 1.69 bits per heavy atom. The van der Waals surface area contributed by atoms with Crippen LogP contribution in [0.2, 0.25) is 0 Å². The van der Waals surface area contributed by atoms with E-state index in [1.54, 1.807) is 0 Å². The molecule has 4 N–H and O–H groups in total. The Hall–Kier alpha value is -1.56. The molecular weight excluding hydrogens is 208 g/mol. The van der Waals surface area contributed by atoms with Crippen LogP contribution in [-0.2, 0) is 9.53 Å². The van der Waals surface area contributed by atoms with Gasteiger partial charge >= 0.3 is 0 Å². The Labute approximate surface area is 93.5 Å². The van der Waals surface area contributed by atoms with Gasteiger partial charge in [0, 0.05) is 6.61 Å². The number of aromatic amines is 1. The van der Waals surface area contributed by atoms with E-state index in [2.05, 4.69) is 15.5 Å². The maximum absolute atomic E-state index is 11.8. The summed E-state index contributed by atoms with van der Waals surface area (Å²) in [5, 5.41) is 9.37. The summed E-state index contributed by atoms with van der Waals surface area (Å²) < 4.78 is 5.26. The maximum Gasteiger partial charge on any atom is 0.231 e. The van der Waals surface area contributed by atoms with Crippen molar-refractivity contribution >= 4 is 17.4 Å².